The molecule has 1 aliphatic heterocycles. The van der Waals surface area contributed by atoms with Crippen LogP contribution in [0.25, 0.3) is 0 Å². The van der Waals surface area contributed by atoms with Crippen molar-refractivity contribution in [2.75, 3.05) is 6.54 Å². The van der Waals surface area contributed by atoms with E-state index in [0.29, 0.717) is 6.04 Å². The summed E-state index contributed by atoms with van der Waals surface area (Å²) in [6.45, 7) is 6.78. The minimum Gasteiger partial charge on any atom is -0.444 e. The zero-order valence-electron chi connectivity index (χ0n) is 11.1. The van der Waals surface area contributed by atoms with Gasteiger partial charge in [0.2, 0.25) is 0 Å². The van der Waals surface area contributed by atoms with Crippen molar-refractivity contribution in [2.45, 2.75) is 58.1 Å². The first-order chi connectivity index (χ1) is 7.94. The Morgan fingerprint density at radius 3 is 2.59 bits per heavy atom. The summed E-state index contributed by atoms with van der Waals surface area (Å²) in [5, 5.41) is 0. The average molecular weight is 237 g/mol. The number of carbonyl (C=O) groups is 1. The van der Waals surface area contributed by atoms with Crippen molar-refractivity contribution in [2.24, 2.45) is 17.8 Å². The van der Waals surface area contributed by atoms with Gasteiger partial charge in [0.25, 0.3) is 0 Å². The second-order valence-electron chi connectivity index (χ2n) is 7.04. The van der Waals surface area contributed by atoms with E-state index in [0.717, 1.165) is 24.3 Å². The molecule has 0 aromatic rings. The van der Waals surface area contributed by atoms with E-state index >= 15 is 0 Å². The summed E-state index contributed by atoms with van der Waals surface area (Å²) in [7, 11) is 0. The fourth-order valence-corrected chi connectivity index (χ4v) is 4.11. The SMILES string of the molecule is CC(C)(C)OC(=O)N1CC2CC3CCC2C1C3. The van der Waals surface area contributed by atoms with Gasteiger partial charge in [-0.3, -0.25) is 0 Å². The quantitative estimate of drug-likeness (QED) is 0.648. The number of ether oxygens (including phenoxy) is 1. The van der Waals surface area contributed by atoms with Crippen LogP contribution in [0.4, 0.5) is 4.79 Å². The Labute approximate surface area is 104 Å². The highest BCUT2D eigenvalue weighted by Gasteiger charge is 2.52. The predicted molar refractivity (Wildman–Crippen MR) is 65.7 cm³/mol. The Morgan fingerprint density at radius 1 is 1.24 bits per heavy atom. The Hall–Kier alpha value is -0.730. The highest BCUT2D eigenvalue weighted by atomic mass is 16.6. The highest BCUT2D eigenvalue weighted by molar-refractivity contribution is 5.69. The number of likely N-dealkylation sites (tertiary alicyclic amines) is 1. The van der Waals surface area contributed by atoms with Gasteiger partial charge in [-0.1, -0.05) is 6.42 Å². The molecule has 4 aliphatic rings. The number of hydrogen-bond donors (Lipinski definition) is 0. The Balaban J connectivity index is 1.72. The Kier molecular flexibility index (Phi) is 2.43. The van der Waals surface area contributed by atoms with Crippen molar-refractivity contribution < 1.29 is 9.53 Å². The van der Waals surface area contributed by atoms with Crippen LogP contribution in [0.1, 0.15) is 46.5 Å². The first-order valence-electron chi connectivity index (χ1n) is 6.93. The van der Waals surface area contributed by atoms with Crippen molar-refractivity contribution in [1.29, 1.82) is 0 Å². The van der Waals surface area contributed by atoms with Crippen LogP contribution in [0.2, 0.25) is 0 Å². The smallest absolute Gasteiger partial charge is 0.410 e. The van der Waals surface area contributed by atoms with Gasteiger partial charge in [0.15, 0.2) is 0 Å². The minimum absolute atomic E-state index is 0.0856. The summed E-state index contributed by atoms with van der Waals surface area (Å²) in [5.41, 5.74) is -0.368. The van der Waals surface area contributed by atoms with E-state index in [1.165, 1.54) is 25.7 Å². The van der Waals surface area contributed by atoms with Crippen LogP contribution < -0.4 is 0 Å². The average Bonchev–Trinajstić information content (AvgIpc) is 2.49. The molecule has 0 radical (unpaired) electrons. The Bertz CT molecular complexity index is 334. The molecule has 4 rings (SSSR count). The van der Waals surface area contributed by atoms with Gasteiger partial charge in [-0.05, 0) is 57.8 Å². The molecule has 4 atom stereocenters. The van der Waals surface area contributed by atoms with Crippen LogP contribution in [0.5, 0.6) is 0 Å². The van der Waals surface area contributed by atoms with Crippen LogP contribution >= 0.6 is 0 Å². The topological polar surface area (TPSA) is 29.5 Å². The molecule has 4 unspecified atom stereocenters. The lowest BCUT2D eigenvalue weighted by Gasteiger charge is -2.42. The lowest BCUT2D eigenvalue weighted by atomic mass is 9.65. The fraction of sp³-hybridized carbons (Fsp3) is 0.929. The lowest BCUT2D eigenvalue weighted by Crippen LogP contribution is -2.44. The maximum absolute atomic E-state index is 12.2. The molecule has 0 aromatic heterocycles. The predicted octanol–water partition coefficient (Wildman–Crippen LogP) is 3.04. The number of rotatable bonds is 0. The number of hydrogen-bond acceptors (Lipinski definition) is 2. The molecular weight excluding hydrogens is 214 g/mol. The summed E-state index contributed by atoms with van der Waals surface area (Å²) >= 11 is 0. The highest BCUT2D eigenvalue weighted by Crippen LogP contribution is 2.51. The van der Waals surface area contributed by atoms with Gasteiger partial charge in [-0.15, -0.1) is 0 Å². The van der Waals surface area contributed by atoms with Gasteiger partial charge in [-0.25, -0.2) is 4.79 Å². The van der Waals surface area contributed by atoms with Crippen molar-refractivity contribution in [3.63, 3.8) is 0 Å². The molecule has 1 heterocycles. The van der Waals surface area contributed by atoms with Crippen molar-refractivity contribution in [3.8, 4) is 0 Å². The third-order valence-corrected chi connectivity index (χ3v) is 4.68. The maximum atomic E-state index is 12.2. The van der Waals surface area contributed by atoms with Gasteiger partial charge in [-0.2, -0.15) is 0 Å². The molecule has 0 spiro atoms. The molecule has 17 heavy (non-hydrogen) atoms. The zero-order chi connectivity index (χ0) is 12.2. The molecule has 0 aromatic carbocycles. The first-order valence-corrected chi connectivity index (χ1v) is 6.93. The van der Waals surface area contributed by atoms with E-state index in [1.807, 2.05) is 25.7 Å². The molecular formula is C14H23NO2. The second kappa shape index (κ2) is 3.63. The molecule has 0 N–H and O–H groups in total. The number of fused-ring (bicyclic) bond motifs is 1. The van der Waals surface area contributed by atoms with E-state index in [2.05, 4.69) is 0 Å². The minimum atomic E-state index is -0.368. The van der Waals surface area contributed by atoms with Crippen molar-refractivity contribution in [3.05, 3.63) is 0 Å². The molecule has 4 fully saturated rings. The van der Waals surface area contributed by atoms with E-state index in [4.69, 9.17) is 4.74 Å². The van der Waals surface area contributed by atoms with E-state index in [-0.39, 0.29) is 11.7 Å². The van der Waals surface area contributed by atoms with Crippen LogP contribution in [0.3, 0.4) is 0 Å². The van der Waals surface area contributed by atoms with Crippen LogP contribution in [0.15, 0.2) is 0 Å². The standard InChI is InChI=1S/C14H23NO2/c1-14(2,3)17-13(16)15-8-10-6-9-4-5-11(10)12(15)7-9/h9-12H,4-8H2,1-3H3. The first kappa shape index (κ1) is 11.4. The second-order valence-corrected chi connectivity index (χ2v) is 7.04. The van der Waals surface area contributed by atoms with Crippen LogP contribution in [0, 0.1) is 17.8 Å². The summed E-state index contributed by atoms with van der Waals surface area (Å²) < 4.78 is 5.52. The molecule has 3 saturated carbocycles. The largest absolute Gasteiger partial charge is 0.444 e. The summed E-state index contributed by atoms with van der Waals surface area (Å²) in [6.07, 6.45) is 5.21. The molecule has 1 saturated heterocycles. The molecule has 96 valence electrons. The normalized spacial score (nSPS) is 39.6. The number of nitrogens with zero attached hydrogens (tertiary/aromatic N) is 1. The molecule has 3 aliphatic carbocycles. The van der Waals surface area contributed by atoms with Gasteiger partial charge < -0.3 is 9.64 Å². The Morgan fingerprint density at radius 2 is 2.00 bits per heavy atom. The maximum Gasteiger partial charge on any atom is 0.410 e. The fourth-order valence-electron chi connectivity index (χ4n) is 4.11. The van der Waals surface area contributed by atoms with E-state index in [1.54, 1.807) is 0 Å². The summed E-state index contributed by atoms with van der Waals surface area (Å²) in [6, 6.07) is 0.488. The molecule has 4 bridgehead atoms. The van der Waals surface area contributed by atoms with E-state index < -0.39 is 0 Å². The monoisotopic (exact) mass is 237 g/mol. The van der Waals surface area contributed by atoms with Gasteiger partial charge in [0, 0.05) is 12.6 Å². The van der Waals surface area contributed by atoms with Crippen LogP contribution in [-0.2, 0) is 4.74 Å². The van der Waals surface area contributed by atoms with E-state index in [9.17, 15) is 4.79 Å². The summed E-state index contributed by atoms with van der Waals surface area (Å²) in [4.78, 5) is 14.2. The number of carbonyl (C=O) groups excluding carboxylic acids is 1. The van der Waals surface area contributed by atoms with Gasteiger partial charge in [0.05, 0.1) is 0 Å². The molecule has 3 heteroatoms. The third-order valence-electron chi connectivity index (χ3n) is 4.68. The van der Waals surface area contributed by atoms with Gasteiger partial charge >= 0.3 is 6.09 Å². The summed E-state index contributed by atoms with van der Waals surface area (Å²) in [5.74, 6) is 2.41. The van der Waals surface area contributed by atoms with Crippen molar-refractivity contribution in [1.82, 2.24) is 4.90 Å². The third kappa shape index (κ3) is 1.94. The number of amides is 1. The van der Waals surface area contributed by atoms with Crippen molar-refractivity contribution >= 4 is 6.09 Å². The molecule has 3 nitrogen and oxygen atoms in total. The lowest BCUT2D eigenvalue weighted by molar-refractivity contribution is 0.0145. The molecule has 1 amide bonds. The zero-order valence-corrected chi connectivity index (χ0v) is 11.1. The van der Waals surface area contributed by atoms with Crippen LogP contribution in [-0.4, -0.2) is 29.2 Å². The van der Waals surface area contributed by atoms with Gasteiger partial charge in [0.1, 0.15) is 5.60 Å².